The Morgan fingerprint density at radius 3 is 2.80 bits per heavy atom. The number of aryl methyl sites for hydroxylation is 1. The van der Waals surface area contributed by atoms with Crippen LogP contribution in [0.5, 0.6) is 0 Å². The quantitative estimate of drug-likeness (QED) is 0.778. The number of hydrogen-bond acceptors (Lipinski definition) is 3. The van der Waals surface area contributed by atoms with Gasteiger partial charge in [-0.1, -0.05) is 60.2 Å². The normalized spacial score (nSPS) is 26.5. The van der Waals surface area contributed by atoms with Crippen LogP contribution in [0, 0.1) is 12.8 Å². The van der Waals surface area contributed by atoms with Crippen molar-refractivity contribution in [3.8, 4) is 0 Å². The summed E-state index contributed by atoms with van der Waals surface area (Å²) in [6.07, 6.45) is 12.8. The second-order valence-corrected chi connectivity index (χ2v) is 6.89. The number of benzene rings is 1. The maximum atomic E-state index is 6.31. The summed E-state index contributed by atoms with van der Waals surface area (Å²) < 4.78 is 6.31. The highest BCUT2D eigenvalue weighted by Gasteiger charge is 2.41. The van der Waals surface area contributed by atoms with Gasteiger partial charge in [-0.25, -0.2) is 0 Å². The molecule has 1 saturated heterocycles. The zero-order chi connectivity index (χ0) is 16.8. The standard InChI is InChI=1S/C22H20N2O/c1-15-8-10-16(11-9-15)21-13-19-18(6-4-12-23-19)22-24(21)20-7-3-2-5-17(20)14-25-22/h2-13,17,20,22H,14H2,1H3. The third kappa shape index (κ3) is 2.35. The molecule has 1 aliphatic carbocycles. The first-order valence-electron chi connectivity index (χ1n) is 8.80. The van der Waals surface area contributed by atoms with Crippen molar-refractivity contribution in [3.63, 3.8) is 0 Å². The fourth-order valence-corrected chi connectivity index (χ4v) is 3.98. The van der Waals surface area contributed by atoms with Crippen LogP contribution in [0.2, 0.25) is 0 Å². The van der Waals surface area contributed by atoms with E-state index in [1.54, 1.807) is 0 Å². The van der Waals surface area contributed by atoms with Crippen LogP contribution in [0.4, 0.5) is 0 Å². The van der Waals surface area contributed by atoms with Crippen molar-refractivity contribution < 1.29 is 4.74 Å². The van der Waals surface area contributed by atoms with E-state index in [0.717, 1.165) is 17.9 Å². The maximum absolute atomic E-state index is 6.31. The summed E-state index contributed by atoms with van der Waals surface area (Å²) in [5, 5.41) is 0. The Hall–Kier alpha value is -2.65. The Labute approximate surface area is 148 Å². The molecule has 2 aliphatic heterocycles. The van der Waals surface area contributed by atoms with Gasteiger partial charge in [-0.2, -0.15) is 0 Å². The Balaban J connectivity index is 1.68. The number of hydrogen-bond donors (Lipinski definition) is 0. The van der Waals surface area contributed by atoms with Gasteiger partial charge in [0.2, 0.25) is 0 Å². The number of pyridine rings is 1. The number of fused-ring (bicyclic) bond motifs is 5. The fourth-order valence-electron chi connectivity index (χ4n) is 3.98. The largest absolute Gasteiger partial charge is 0.353 e. The van der Waals surface area contributed by atoms with Gasteiger partial charge in [-0.05, 0) is 24.6 Å². The summed E-state index contributed by atoms with van der Waals surface area (Å²) in [5.41, 5.74) is 5.82. The maximum Gasteiger partial charge on any atom is 0.159 e. The molecule has 3 aliphatic rings. The average molecular weight is 328 g/mol. The van der Waals surface area contributed by atoms with E-state index < -0.39 is 0 Å². The van der Waals surface area contributed by atoms with Gasteiger partial charge >= 0.3 is 0 Å². The molecule has 0 bridgehead atoms. The molecule has 5 rings (SSSR count). The zero-order valence-electron chi connectivity index (χ0n) is 14.2. The number of rotatable bonds is 1. The molecule has 1 aromatic carbocycles. The van der Waals surface area contributed by atoms with Crippen LogP contribution in [0.1, 0.15) is 28.6 Å². The van der Waals surface area contributed by atoms with Crippen molar-refractivity contribution in [3.05, 3.63) is 89.3 Å². The van der Waals surface area contributed by atoms with Gasteiger partial charge < -0.3 is 9.64 Å². The van der Waals surface area contributed by atoms with Crippen LogP contribution < -0.4 is 0 Å². The second-order valence-electron chi connectivity index (χ2n) is 6.89. The Morgan fingerprint density at radius 2 is 1.92 bits per heavy atom. The topological polar surface area (TPSA) is 25.4 Å². The number of ether oxygens (including phenoxy) is 1. The van der Waals surface area contributed by atoms with Gasteiger partial charge in [0.15, 0.2) is 6.23 Å². The third-order valence-corrected chi connectivity index (χ3v) is 5.27. The molecule has 3 nitrogen and oxygen atoms in total. The van der Waals surface area contributed by atoms with E-state index in [0.29, 0.717) is 12.0 Å². The summed E-state index contributed by atoms with van der Waals surface area (Å²) in [6, 6.07) is 13.1. The highest BCUT2D eigenvalue weighted by Crippen LogP contribution is 2.45. The van der Waals surface area contributed by atoms with Crippen molar-refractivity contribution in [1.82, 2.24) is 9.88 Å². The van der Waals surface area contributed by atoms with Gasteiger partial charge in [0.25, 0.3) is 0 Å². The highest BCUT2D eigenvalue weighted by molar-refractivity contribution is 5.83. The predicted molar refractivity (Wildman–Crippen MR) is 99.4 cm³/mol. The Morgan fingerprint density at radius 1 is 1.08 bits per heavy atom. The summed E-state index contributed by atoms with van der Waals surface area (Å²) in [7, 11) is 0. The molecule has 124 valence electrons. The lowest BCUT2D eigenvalue weighted by atomic mass is 9.88. The van der Waals surface area contributed by atoms with E-state index in [4.69, 9.17) is 4.74 Å². The van der Waals surface area contributed by atoms with Crippen molar-refractivity contribution in [2.45, 2.75) is 19.2 Å². The molecule has 3 heterocycles. The summed E-state index contributed by atoms with van der Waals surface area (Å²) in [6.45, 7) is 2.86. The highest BCUT2D eigenvalue weighted by atomic mass is 16.5. The number of nitrogens with zero attached hydrogens (tertiary/aromatic N) is 2. The molecule has 0 spiro atoms. The first kappa shape index (κ1) is 14.7. The van der Waals surface area contributed by atoms with Gasteiger partial charge in [0.1, 0.15) is 0 Å². The molecule has 1 aromatic heterocycles. The van der Waals surface area contributed by atoms with E-state index in [1.807, 2.05) is 12.3 Å². The smallest absolute Gasteiger partial charge is 0.159 e. The molecular weight excluding hydrogens is 308 g/mol. The Kier molecular flexibility index (Phi) is 3.35. The molecule has 3 heteroatoms. The minimum Gasteiger partial charge on any atom is -0.353 e. The van der Waals surface area contributed by atoms with Crippen LogP contribution in [0.3, 0.4) is 0 Å². The van der Waals surface area contributed by atoms with Crippen LogP contribution in [-0.4, -0.2) is 22.5 Å². The van der Waals surface area contributed by atoms with E-state index in [9.17, 15) is 0 Å². The van der Waals surface area contributed by atoms with Crippen molar-refractivity contribution in [2.75, 3.05) is 6.61 Å². The summed E-state index contributed by atoms with van der Waals surface area (Å²) in [4.78, 5) is 7.01. The van der Waals surface area contributed by atoms with Gasteiger partial charge in [-0.3, -0.25) is 4.98 Å². The van der Waals surface area contributed by atoms with Crippen molar-refractivity contribution in [2.24, 2.45) is 5.92 Å². The van der Waals surface area contributed by atoms with Gasteiger partial charge in [-0.15, -0.1) is 0 Å². The molecule has 3 atom stereocenters. The van der Waals surface area contributed by atoms with E-state index in [2.05, 4.69) is 77.5 Å². The van der Waals surface area contributed by atoms with Crippen LogP contribution in [0.15, 0.2) is 66.9 Å². The SMILES string of the molecule is Cc1ccc(C2=Cc3ncccc3C3OCC4C=CC=CC4N23)cc1. The molecule has 0 radical (unpaired) electrons. The monoisotopic (exact) mass is 328 g/mol. The number of aromatic nitrogens is 1. The lowest BCUT2D eigenvalue weighted by molar-refractivity contribution is -0.106. The molecule has 0 saturated carbocycles. The van der Waals surface area contributed by atoms with Crippen LogP contribution >= 0.6 is 0 Å². The van der Waals surface area contributed by atoms with E-state index >= 15 is 0 Å². The number of allylic oxidation sites excluding steroid dienone is 2. The second kappa shape index (κ2) is 5.71. The van der Waals surface area contributed by atoms with E-state index in [1.165, 1.54) is 16.8 Å². The Bertz CT molecular complexity index is 894. The van der Waals surface area contributed by atoms with Crippen LogP contribution in [0.25, 0.3) is 11.8 Å². The zero-order valence-corrected chi connectivity index (χ0v) is 14.2. The molecule has 2 aromatic rings. The fraction of sp³-hybridized carbons (Fsp3) is 0.227. The van der Waals surface area contributed by atoms with Crippen molar-refractivity contribution in [1.29, 1.82) is 0 Å². The van der Waals surface area contributed by atoms with Gasteiger partial charge in [0, 0.05) is 23.4 Å². The van der Waals surface area contributed by atoms with E-state index in [-0.39, 0.29) is 6.23 Å². The molecule has 0 amide bonds. The molecule has 1 fully saturated rings. The van der Waals surface area contributed by atoms with Gasteiger partial charge in [0.05, 0.1) is 18.3 Å². The minimum absolute atomic E-state index is 0.0811. The first-order chi connectivity index (χ1) is 12.3. The lowest BCUT2D eigenvalue weighted by Crippen LogP contribution is -2.49. The molecule has 0 N–H and O–H groups in total. The minimum atomic E-state index is -0.0811. The molecule has 3 unspecified atom stereocenters. The molecular formula is C22H20N2O. The van der Waals surface area contributed by atoms with Crippen LogP contribution in [-0.2, 0) is 4.74 Å². The first-order valence-corrected chi connectivity index (χ1v) is 8.80. The third-order valence-electron chi connectivity index (χ3n) is 5.27. The average Bonchev–Trinajstić information content (AvgIpc) is 2.67. The summed E-state index contributed by atoms with van der Waals surface area (Å²) >= 11 is 0. The lowest BCUT2D eigenvalue weighted by Gasteiger charge is -2.49. The molecule has 25 heavy (non-hydrogen) atoms. The van der Waals surface area contributed by atoms with Crippen molar-refractivity contribution >= 4 is 11.8 Å². The predicted octanol–water partition coefficient (Wildman–Crippen LogP) is 4.34. The summed E-state index contributed by atoms with van der Waals surface area (Å²) in [5.74, 6) is 0.383.